The van der Waals surface area contributed by atoms with Crippen molar-refractivity contribution in [1.82, 2.24) is 15.5 Å². The molecule has 0 bridgehead atoms. The van der Waals surface area contributed by atoms with Crippen LogP contribution < -0.4 is 14.8 Å². The molecule has 7 nitrogen and oxygen atoms in total. The zero-order valence-electron chi connectivity index (χ0n) is 16.0. The Morgan fingerprint density at radius 1 is 1.04 bits per heavy atom. The van der Waals surface area contributed by atoms with Gasteiger partial charge < -0.3 is 19.2 Å². The standard InChI is InChI=1S/C21H23N3O4/c1-3-26-18-10-5-15(13-19(18)27-4-2)11-12-22-20(25)16-6-8-17(9-7-16)21-24-23-14-28-21/h5-10,13-14H,3-4,11-12H2,1-2H3,(H,22,25). The molecule has 2 aromatic carbocycles. The first-order valence-electron chi connectivity index (χ1n) is 9.24. The van der Waals surface area contributed by atoms with E-state index < -0.39 is 0 Å². The van der Waals surface area contributed by atoms with E-state index in [1.807, 2.05) is 32.0 Å². The molecule has 0 spiro atoms. The van der Waals surface area contributed by atoms with Gasteiger partial charge in [-0.2, -0.15) is 0 Å². The van der Waals surface area contributed by atoms with Gasteiger partial charge in [-0.3, -0.25) is 4.79 Å². The van der Waals surface area contributed by atoms with Crippen molar-refractivity contribution in [2.45, 2.75) is 20.3 Å². The predicted molar refractivity (Wildman–Crippen MR) is 105 cm³/mol. The molecule has 0 aliphatic carbocycles. The topological polar surface area (TPSA) is 86.5 Å². The Morgan fingerprint density at radius 2 is 1.79 bits per heavy atom. The van der Waals surface area contributed by atoms with Gasteiger partial charge in [0.1, 0.15) is 0 Å². The molecule has 1 aromatic heterocycles. The van der Waals surface area contributed by atoms with Gasteiger partial charge in [-0.15, -0.1) is 10.2 Å². The van der Waals surface area contributed by atoms with Crippen molar-refractivity contribution in [2.75, 3.05) is 19.8 Å². The first-order valence-corrected chi connectivity index (χ1v) is 9.24. The second-order valence-corrected chi connectivity index (χ2v) is 5.97. The summed E-state index contributed by atoms with van der Waals surface area (Å²) < 4.78 is 16.4. The highest BCUT2D eigenvalue weighted by molar-refractivity contribution is 5.94. The second kappa shape index (κ2) is 9.55. The van der Waals surface area contributed by atoms with Crippen LogP contribution in [0.25, 0.3) is 11.5 Å². The Morgan fingerprint density at radius 3 is 2.46 bits per heavy atom. The van der Waals surface area contributed by atoms with Crippen molar-refractivity contribution < 1.29 is 18.7 Å². The smallest absolute Gasteiger partial charge is 0.251 e. The molecular weight excluding hydrogens is 358 g/mol. The Hall–Kier alpha value is -3.35. The second-order valence-electron chi connectivity index (χ2n) is 5.97. The number of hydrogen-bond donors (Lipinski definition) is 1. The molecular formula is C21H23N3O4. The number of benzene rings is 2. The van der Waals surface area contributed by atoms with Crippen molar-refractivity contribution in [3.05, 3.63) is 60.0 Å². The van der Waals surface area contributed by atoms with Crippen LogP contribution in [-0.2, 0) is 6.42 Å². The summed E-state index contributed by atoms with van der Waals surface area (Å²) in [4.78, 5) is 12.3. The van der Waals surface area contributed by atoms with Crippen molar-refractivity contribution >= 4 is 5.91 Å². The fraction of sp³-hybridized carbons (Fsp3) is 0.286. The van der Waals surface area contributed by atoms with Gasteiger partial charge in [0.25, 0.3) is 5.91 Å². The predicted octanol–water partition coefficient (Wildman–Crippen LogP) is 3.51. The fourth-order valence-electron chi connectivity index (χ4n) is 2.74. The lowest BCUT2D eigenvalue weighted by Crippen LogP contribution is -2.25. The molecule has 3 rings (SSSR count). The molecule has 3 aromatic rings. The maximum atomic E-state index is 12.3. The van der Waals surface area contributed by atoms with E-state index in [4.69, 9.17) is 13.9 Å². The van der Waals surface area contributed by atoms with Crippen molar-refractivity contribution in [3.63, 3.8) is 0 Å². The molecule has 0 radical (unpaired) electrons. The first kappa shape index (κ1) is 19.4. The first-order chi connectivity index (χ1) is 13.7. The summed E-state index contributed by atoms with van der Waals surface area (Å²) in [5.74, 6) is 1.75. The summed E-state index contributed by atoms with van der Waals surface area (Å²) in [5, 5.41) is 10.4. The molecule has 0 atom stereocenters. The highest BCUT2D eigenvalue weighted by atomic mass is 16.5. The number of aromatic nitrogens is 2. The van der Waals surface area contributed by atoms with Gasteiger partial charge >= 0.3 is 0 Å². The summed E-state index contributed by atoms with van der Waals surface area (Å²) in [6.45, 7) is 5.55. The van der Waals surface area contributed by atoms with Gasteiger partial charge in [0, 0.05) is 17.7 Å². The Labute approximate surface area is 163 Å². The number of nitrogens with one attached hydrogen (secondary N) is 1. The van der Waals surface area contributed by atoms with Crippen LogP contribution in [0.15, 0.2) is 53.3 Å². The minimum atomic E-state index is -0.131. The molecule has 0 aliphatic rings. The molecule has 0 unspecified atom stereocenters. The van der Waals surface area contributed by atoms with Crippen LogP contribution in [0, 0.1) is 0 Å². The highest BCUT2D eigenvalue weighted by Gasteiger charge is 2.09. The van der Waals surface area contributed by atoms with Crippen molar-refractivity contribution in [1.29, 1.82) is 0 Å². The molecule has 1 N–H and O–H groups in total. The Balaban J connectivity index is 1.55. The SMILES string of the molecule is CCOc1ccc(CCNC(=O)c2ccc(-c3nnco3)cc2)cc1OCC. The van der Waals surface area contributed by atoms with Crippen LogP contribution in [0.5, 0.6) is 11.5 Å². The largest absolute Gasteiger partial charge is 0.490 e. The van der Waals surface area contributed by atoms with E-state index in [1.54, 1.807) is 24.3 Å². The molecule has 146 valence electrons. The van der Waals surface area contributed by atoms with Gasteiger partial charge in [0.05, 0.1) is 13.2 Å². The van der Waals surface area contributed by atoms with Crippen LogP contribution in [0.2, 0.25) is 0 Å². The normalized spacial score (nSPS) is 10.5. The molecule has 0 aliphatic heterocycles. The summed E-state index contributed by atoms with van der Waals surface area (Å²) >= 11 is 0. The molecule has 28 heavy (non-hydrogen) atoms. The maximum absolute atomic E-state index is 12.3. The third-order valence-corrected chi connectivity index (χ3v) is 4.06. The fourth-order valence-corrected chi connectivity index (χ4v) is 2.74. The van der Waals surface area contributed by atoms with E-state index in [-0.39, 0.29) is 5.91 Å². The van der Waals surface area contributed by atoms with Crippen LogP contribution in [0.1, 0.15) is 29.8 Å². The van der Waals surface area contributed by atoms with E-state index in [0.29, 0.717) is 37.6 Å². The summed E-state index contributed by atoms with van der Waals surface area (Å²) in [6.07, 6.45) is 1.96. The van der Waals surface area contributed by atoms with E-state index in [0.717, 1.165) is 22.6 Å². The lowest BCUT2D eigenvalue weighted by Gasteiger charge is -2.12. The maximum Gasteiger partial charge on any atom is 0.251 e. The van der Waals surface area contributed by atoms with Crippen LogP contribution >= 0.6 is 0 Å². The zero-order chi connectivity index (χ0) is 19.8. The van der Waals surface area contributed by atoms with Crippen LogP contribution in [0.4, 0.5) is 0 Å². The third kappa shape index (κ3) is 4.88. The number of carbonyl (C=O) groups excluding carboxylic acids is 1. The van der Waals surface area contributed by atoms with Crippen molar-refractivity contribution in [2.24, 2.45) is 0 Å². The Bertz CT molecular complexity index is 893. The monoisotopic (exact) mass is 381 g/mol. The van der Waals surface area contributed by atoms with Gasteiger partial charge in [-0.1, -0.05) is 6.07 Å². The molecule has 0 saturated heterocycles. The van der Waals surface area contributed by atoms with Gasteiger partial charge in [0.15, 0.2) is 11.5 Å². The highest BCUT2D eigenvalue weighted by Crippen LogP contribution is 2.28. The van der Waals surface area contributed by atoms with E-state index in [9.17, 15) is 4.79 Å². The van der Waals surface area contributed by atoms with Crippen molar-refractivity contribution in [3.8, 4) is 23.0 Å². The average Bonchev–Trinajstić information content (AvgIpc) is 3.25. The number of nitrogens with zero attached hydrogens (tertiary/aromatic N) is 2. The summed E-state index contributed by atoms with van der Waals surface area (Å²) in [7, 11) is 0. The number of rotatable bonds is 9. The molecule has 1 heterocycles. The summed E-state index contributed by atoms with van der Waals surface area (Å²) in [6, 6.07) is 12.9. The lowest BCUT2D eigenvalue weighted by molar-refractivity contribution is 0.0954. The molecule has 7 heteroatoms. The van der Waals surface area contributed by atoms with Crippen LogP contribution in [0.3, 0.4) is 0 Å². The van der Waals surface area contributed by atoms with Gasteiger partial charge in [-0.25, -0.2) is 0 Å². The number of ether oxygens (including phenoxy) is 2. The number of carbonyl (C=O) groups is 1. The minimum Gasteiger partial charge on any atom is -0.490 e. The van der Waals surface area contributed by atoms with E-state index in [1.165, 1.54) is 6.39 Å². The zero-order valence-corrected chi connectivity index (χ0v) is 16.0. The summed E-state index contributed by atoms with van der Waals surface area (Å²) in [5.41, 5.74) is 2.41. The van der Waals surface area contributed by atoms with E-state index in [2.05, 4.69) is 15.5 Å². The molecule has 0 saturated carbocycles. The minimum absolute atomic E-state index is 0.131. The molecule has 1 amide bonds. The van der Waals surface area contributed by atoms with Crippen LogP contribution in [-0.4, -0.2) is 35.9 Å². The van der Waals surface area contributed by atoms with Gasteiger partial charge in [-0.05, 0) is 62.2 Å². The third-order valence-electron chi connectivity index (χ3n) is 4.06. The average molecular weight is 381 g/mol. The van der Waals surface area contributed by atoms with E-state index >= 15 is 0 Å². The number of hydrogen-bond acceptors (Lipinski definition) is 6. The van der Waals surface area contributed by atoms with Gasteiger partial charge in [0.2, 0.25) is 12.3 Å². The number of amides is 1. The quantitative estimate of drug-likeness (QED) is 0.610. The molecule has 0 fully saturated rings. The lowest BCUT2D eigenvalue weighted by atomic mass is 10.1. The Kier molecular flexibility index (Phi) is 6.62.